The average molecular weight is 672 g/mol. The molecule has 250 valence electrons. The van der Waals surface area contributed by atoms with E-state index < -0.39 is 58.3 Å². The summed E-state index contributed by atoms with van der Waals surface area (Å²) in [6.07, 6.45) is 5.38. The highest BCUT2D eigenvalue weighted by Crippen LogP contribution is 2.21. The predicted molar refractivity (Wildman–Crippen MR) is 172 cm³/mol. The number of pyridine rings is 1. The SMILES string of the molecule is O=C(CC(=O)c1cc(Cc2cc(F)c(F)c(F)c2)cn(Cc2ccccc2F)c1=O)C(=O)N1CCN(c2ccc(-n3ccnc3)cc2)CC1. The molecule has 0 saturated carbocycles. The molecular formula is C36H29F4N5O4. The molecule has 0 bridgehead atoms. The van der Waals surface area contributed by atoms with E-state index in [4.69, 9.17) is 0 Å². The van der Waals surface area contributed by atoms with Crippen molar-refractivity contribution in [3.63, 3.8) is 0 Å². The van der Waals surface area contributed by atoms with Crippen molar-refractivity contribution in [1.82, 2.24) is 19.0 Å². The number of aromatic nitrogens is 3. The number of ketones is 2. The molecule has 3 heterocycles. The number of rotatable bonds is 10. The van der Waals surface area contributed by atoms with Crippen molar-refractivity contribution in [3.8, 4) is 5.69 Å². The molecule has 0 aliphatic carbocycles. The number of carbonyl (C=O) groups is 3. The van der Waals surface area contributed by atoms with E-state index in [2.05, 4.69) is 9.88 Å². The number of carbonyl (C=O) groups excluding carboxylic acids is 3. The van der Waals surface area contributed by atoms with Crippen molar-refractivity contribution >= 4 is 23.2 Å². The van der Waals surface area contributed by atoms with Gasteiger partial charge in [-0.25, -0.2) is 22.5 Å². The Morgan fingerprint density at radius 2 is 1.45 bits per heavy atom. The van der Waals surface area contributed by atoms with Gasteiger partial charge in [0, 0.05) is 61.7 Å². The standard InChI is InChI=1S/C36H29F4N5O4/c37-29-4-2-1-3-25(29)21-45-20-24(15-23-17-30(38)34(40)31(39)18-23)16-28(35(45)48)32(46)19-33(47)36(49)43-13-11-42(12-14-43)26-5-7-27(8-6-26)44-10-9-41-22-44/h1-10,16-18,20,22H,11-15,19,21H2. The summed E-state index contributed by atoms with van der Waals surface area (Å²) in [5, 5.41) is 0. The van der Waals surface area contributed by atoms with Gasteiger partial charge in [0.05, 0.1) is 24.9 Å². The van der Waals surface area contributed by atoms with Crippen LogP contribution in [0.25, 0.3) is 5.69 Å². The number of amides is 1. The Balaban J connectivity index is 1.16. The smallest absolute Gasteiger partial charge is 0.290 e. The first kappa shape index (κ1) is 33.1. The first-order valence-electron chi connectivity index (χ1n) is 15.4. The lowest BCUT2D eigenvalue weighted by Gasteiger charge is -2.35. The maximum Gasteiger partial charge on any atom is 0.290 e. The Hall–Kier alpha value is -5.85. The third-order valence-corrected chi connectivity index (χ3v) is 8.34. The van der Waals surface area contributed by atoms with E-state index in [9.17, 15) is 36.7 Å². The zero-order chi connectivity index (χ0) is 34.7. The number of benzene rings is 3. The Kier molecular flexibility index (Phi) is 9.51. The van der Waals surface area contributed by atoms with Gasteiger partial charge < -0.3 is 18.9 Å². The third kappa shape index (κ3) is 7.35. The molecule has 0 unspecified atom stereocenters. The molecule has 1 aliphatic rings. The number of hydrogen-bond donors (Lipinski definition) is 0. The van der Waals surface area contributed by atoms with Crippen LogP contribution in [0, 0.1) is 23.3 Å². The minimum Gasteiger partial charge on any atom is -0.368 e. The summed E-state index contributed by atoms with van der Waals surface area (Å²) in [5.74, 6) is -7.89. The number of nitrogens with zero attached hydrogens (tertiary/aromatic N) is 5. The van der Waals surface area contributed by atoms with E-state index in [1.807, 2.05) is 35.0 Å². The second-order valence-corrected chi connectivity index (χ2v) is 11.6. The lowest BCUT2D eigenvalue weighted by molar-refractivity contribution is -0.144. The van der Waals surface area contributed by atoms with Gasteiger partial charge in [-0.2, -0.15) is 0 Å². The minimum atomic E-state index is -1.64. The molecule has 0 spiro atoms. The fourth-order valence-electron chi connectivity index (χ4n) is 5.78. The summed E-state index contributed by atoms with van der Waals surface area (Å²) >= 11 is 0. The molecule has 5 aromatic rings. The van der Waals surface area contributed by atoms with E-state index in [0.29, 0.717) is 13.1 Å². The van der Waals surface area contributed by atoms with Crippen LogP contribution in [0.4, 0.5) is 23.2 Å². The molecule has 0 radical (unpaired) electrons. The second kappa shape index (κ2) is 14.1. The Morgan fingerprint density at radius 3 is 2.10 bits per heavy atom. The number of Topliss-reactive ketones (excluding diaryl/α,β-unsaturated/α-hetero) is 2. The molecule has 3 aromatic carbocycles. The molecule has 1 amide bonds. The van der Waals surface area contributed by atoms with Crippen LogP contribution in [0.5, 0.6) is 0 Å². The summed E-state index contributed by atoms with van der Waals surface area (Å²) in [5.41, 5.74) is 0.910. The summed E-state index contributed by atoms with van der Waals surface area (Å²) in [7, 11) is 0. The summed E-state index contributed by atoms with van der Waals surface area (Å²) in [4.78, 5) is 60.4. The lowest BCUT2D eigenvalue weighted by Crippen LogP contribution is -2.51. The van der Waals surface area contributed by atoms with Crippen LogP contribution >= 0.6 is 0 Å². The molecule has 9 nitrogen and oxygen atoms in total. The number of imidazole rings is 1. The Labute approximate surface area is 277 Å². The topological polar surface area (TPSA) is 97.5 Å². The van der Waals surface area contributed by atoms with Crippen molar-refractivity contribution in [2.45, 2.75) is 19.4 Å². The number of halogens is 4. The highest BCUT2D eigenvalue weighted by molar-refractivity contribution is 6.40. The third-order valence-electron chi connectivity index (χ3n) is 8.34. The molecular weight excluding hydrogens is 642 g/mol. The van der Waals surface area contributed by atoms with E-state index in [-0.39, 0.29) is 42.7 Å². The maximum absolute atomic E-state index is 14.5. The van der Waals surface area contributed by atoms with Gasteiger partial charge in [0.1, 0.15) is 5.82 Å². The first-order chi connectivity index (χ1) is 23.6. The summed E-state index contributed by atoms with van der Waals surface area (Å²) in [6, 6.07) is 16.2. The van der Waals surface area contributed by atoms with E-state index in [1.165, 1.54) is 29.3 Å². The Morgan fingerprint density at radius 1 is 0.776 bits per heavy atom. The number of hydrogen-bond acceptors (Lipinski definition) is 6. The molecule has 49 heavy (non-hydrogen) atoms. The quantitative estimate of drug-likeness (QED) is 0.0702. The highest BCUT2D eigenvalue weighted by Gasteiger charge is 2.29. The van der Waals surface area contributed by atoms with Crippen LogP contribution in [-0.4, -0.2) is 62.7 Å². The first-order valence-corrected chi connectivity index (χ1v) is 15.4. The fraction of sp³-hybridized carbons (Fsp3) is 0.194. The molecule has 2 aromatic heterocycles. The van der Waals surface area contributed by atoms with Crippen LogP contribution in [0.3, 0.4) is 0 Å². The van der Waals surface area contributed by atoms with E-state index >= 15 is 0 Å². The summed E-state index contributed by atoms with van der Waals surface area (Å²) < 4.78 is 58.8. The van der Waals surface area contributed by atoms with Crippen LogP contribution in [0.15, 0.2) is 96.4 Å². The molecule has 6 rings (SSSR count). The molecule has 0 N–H and O–H groups in total. The van der Waals surface area contributed by atoms with Gasteiger partial charge in [-0.3, -0.25) is 19.2 Å². The van der Waals surface area contributed by atoms with Gasteiger partial charge in [-0.15, -0.1) is 0 Å². The monoisotopic (exact) mass is 671 g/mol. The fourth-order valence-corrected chi connectivity index (χ4v) is 5.78. The summed E-state index contributed by atoms with van der Waals surface area (Å²) in [6.45, 7) is 1.07. The van der Waals surface area contributed by atoms with Crippen molar-refractivity contribution < 1.29 is 31.9 Å². The van der Waals surface area contributed by atoms with Gasteiger partial charge >= 0.3 is 0 Å². The van der Waals surface area contributed by atoms with Gasteiger partial charge in [-0.05, 0) is 66.1 Å². The van der Waals surface area contributed by atoms with Gasteiger partial charge in [0.25, 0.3) is 11.5 Å². The molecule has 1 saturated heterocycles. The van der Waals surface area contributed by atoms with Crippen LogP contribution in [-0.2, 0) is 22.6 Å². The van der Waals surface area contributed by atoms with Crippen molar-refractivity contribution in [3.05, 3.63) is 148 Å². The van der Waals surface area contributed by atoms with Crippen molar-refractivity contribution in [2.75, 3.05) is 31.1 Å². The predicted octanol–water partition coefficient (Wildman–Crippen LogP) is 4.72. The number of anilines is 1. The van der Waals surface area contributed by atoms with Crippen molar-refractivity contribution in [1.29, 1.82) is 0 Å². The minimum absolute atomic E-state index is 0.00503. The highest BCUT2D eigenvalue weighted by atomic mass is 19.2. The van der Waals surface area contributed by atoms with E-state index in [1.54, 1.807) is 18.6 Å². The number of piperazine rings is 1. The second-order valence-electron chi connectivity index (χ2n) is 11.6. The van der Waals surface area contributed by atoms with Gasteiger partial charge in [-0.1, -0.05) is 18.2 Å². The molecule has 1 aliphatic heterocycles. The van der Waals surface area contributed by atoms with Crippen LogP contribution in [0.1, 0.15) is 33.5 Å². The maximum atomic E-state index is 14.5. The normalized spacial score (nSPS) is 13.1. The molecule has 13 heteroatoms. The van der Waals surface area contributed by atoms with E-state index in [0.717, 1.165) is 34.1 Å². The van der Waals surface area contributed by atoms with Crippen molar-refractivity contribution in [2.24, 2.45) is 0 Å². The molecule has 1 fully saturated rings. The largest absolute Gasteiger partial charge is 0.368 e. The van der Waals surface area contributed by atoms with Gasteiger partial charge in [0.15, 0.2) is 23.2 Å². The average Bonchev–Trinajstić information content (AvgIpc) is 3.64. The van der Waals surface area contributed by atoms with Crippen LogP contribution in [0.2, 0.25) is 0 Å². The Bertz CT molecular complexity index is 2070. The van der Waals surface area contributed by atoms with Crippen LogP contribution < -0.4 is 10.5 Å². The lowest BCUT2D eigenvalue weighted by atomic mass is 10.0. The molecule has 0 atom stereocenters. The van der Waals surface area contributed by atoms with Gasteiger partial charge in [0.2, 0.25) is 5.78 Å². The zero-order valence-corrected chi connectivity index (χ0v) is 26.0. The zero-order valence-electron chi connectivity index (χ0n) is 26.0.